The SMILES string of the molecule is CC(C)c1ccc(-c2cc3c(=O)[nH]nc(SCC(=O)Nc4ccc5c(c4)OCCO5)n3n2)cc1. The minimum Gasteiger partial charge on any atom is -0.486 e. The Morgan fingerprint density at radius 2 is 1.88 bits per heavy atom. The number of nitrogens with one attached hydrogen (secondary N) is 2. The van der Waals surface area contributed by atoms with Gasteiger partial charge in [-0.2, -0.15) is 5.10 Å². The molecule has 0 atom stereocenters. The van der Waals surface area contributed by atoms with Crippen LogP contribution in [0, 0.1) is 0 Å². The Kier molecular flexibility index (Phi) is 5.97. The van der Waals surface area contributed by atoms with E-state index in [1.807, 2.05) is 12.1 Å². The van der Waals surface area contributed by atoms with Gasteiger partial charge in [-0.3, -0.25) is 9.59 Å². The van der Waals surface area contributed by atoms with Gasteiger partial charge in [0.2, 0.25) is 11.1 Å². The summed E-state index contributed by atoms with van der Waals surface area (Å²) in [6.07, 6.45) is 0. The van der Waals surface area contributed by atoms with Crippen molar-refractivity contribution in [3.63, 3.8) is 0 Å². The molecule has 5 rings (SSSR count). The van der Waals surface area contributed by atoms with Gasteiger partial charge in [0.1, 0.15) is 18.7 Å². The molecule has 0 aliphatic carbocycles. The van der Waals surface area contributed by atoms with E-state index in [9.17, 15) is 9.59 Å². The van der Waals surface area contributed by atoms with Gasteiger partial charge < -0.3 is 14.8 Å². The molecule has 9 nitrogen and oxygen atoms in total. The standard InChI is InChI=1S/C24H23N5O4S/c1-14(2)15-3-5-16(6-4-15)18-12-19-23(31)26-27-24(29(19)28-18)34-13-22(30)25-17-7-8-20-21(11-17)33-10-9-32-20/h3-8,11-12,14H,9-10,13H2,1-2H3,(H,25,30)(H,26,31). The summed E-state index contributed by atoms with van der Waals surface area (Å²) in [6, 6.07) is 15.1. The fraction of sp³-hybridized carbons (Fsp3) is 0.250. The second-order valence-corrected chi connectivity index (χ2v) is 9.08. The number of nitrogens with zero attached hydrogens (tertiary/aromatic N) is 3. The normalized spacial score (nSPS) is 12.8. The number of carbonyl (C=O) groups is 1. The molecule has 0 saturated heterocycles. The number of fused-ring (bicyclic) bond motifs is 2. The zero-order chi connectivity index (χ0) is 23.7. The van der Waals surface area contributed by atoms with E-state index in [4.69, 9.17) is 9.47 Å². The van der Waals surface area contributed by atoms with Crippen LogP contribution in [0.2, 0.25) is 0 Å². The third-order valence-corrected chi connectivity index (χ3v) is 6.34. The lowest BCUT2D eigenvalue weighted by atomic mass is 10.0. The van der Waals surface area contributed by atoms with Gasteiger partial charge in [-0.15, -0.1) is 5.10 Å². The van der Waals surface area contributed by atoms with Gasteiger partial charge in [-0.1, -0.05) is 49.9 Å². The second-order valence-electron chi connectivity index (χ2n) is 8.13. The molecule has 1 aliphatic heterocycles. The molecule has 0 spiro atoms. The van der Waals surface area contributed by atoms with Gasteiger partial charge in [0.25, 0.3) is 5.56 Å². The highest BCUT2D eigenvalue weighted by Gasteiger charge is 2.16. The van der Waals surface area contributed by atoms with Crippen LogP contribution in [-0.2, 0) is 4.79 Å². The summed E-state index contributed by atoms with van der Waals surface area (Å²) in [5.74, 6) is 1.55. The van der Waals surface area contributed by atoms with E-state index >= 15 is 0 Å². The fourth-order valence-corrected chi connectivity index (χ4v) is 4.32. The van der Waals surface area contributed by atoms with Crippen molar-refractivity contribution in [3.05, 3.63) is 64.4 Å². The number of benzene rings is 2. The van der Waals surface area contributed by atoms with Gasteiger partial charge in [0.05, 0.1) is 11.4 Å². The lowest BCUT2D eigenvalue weighted by Crippen LogP contribution is -2.18. The Hall–Kier alpha value is -3.79. The zero-order valence-electron chi connectivity index (χ0n) is 18.7. The number of thioether (sulfide) groups is 1. The molecule has 1 amide bonds. The highest BCUT2D eigenvalue weighted by Crippen LogP contribution is 2.32. The van der Waals surface area contributed by atoms with Gasteiger partial charge >= 0.3 is 0 Å². The minimum atomic E-state index is -0.345. The van der Waals surface area contributed by atoms with Gasteiger partial charge in [0, 0.05) is 17.3 Å². The maximum absolute atomic E-state index is 12.5. The third kappa shape index (κ3) is 4.49. The minimum absolute atomic E-state index is 0.0842. The number of amides is 1. The molecule has 2 N–H and O–H groups in total. The first-order valence-electron chi connectivity index (χ1n) is 10.9. The molecule has 1 aliphatic rings. The maximum atomic E-state index is 12.5. The van der Waals surface area contributed by atoms with E-state index < -0.39 is 0 Å². The third-order valence-electron chi connectivity index (χ3n) is 5.41. The first-order chi connectivity index (χ1) is 16.5. The molecule has 174 valence electrons. The highest BCUT2D eigenvalue weighted by atomic mass is 32.2. The Morgan fingerprint density at radius 3 is 2.65 bits per heavy atom. The molecule has 2 aromatic heterocycles. The molecule has 10 heteroatoms. The molecule has 0 saturated carbocycles. The van der Waals surface area contributed by atoms with Gasteiger partial charge in [-0.25, -0.2) is 9.61 Å². The van der Waals surface area contributed by atoms with E-state index in [1.165, 1.54) is 21.8 Å². The molecular formula is C24H23N5O4S. The number of hydrogen-bond donors (Lipinski definition) is 2. The van der Waals surface area contributed by atoms with E-state index in [2.05, 4.69) is 46.6 Å². The Labute approximate surface area is 199 Å². The molecule has 0 fully saturated rings. The molecule has 0 radical (unpaired) electrons. The van der Waals surface area contributed by atoms with Crippen LogP contribution in [0.15, 0.2) is 58.5 Å². The van der Waals surface area contributed by atoms with Crippen LogP contribution in [0.25, 0.3) is 16.8 Å². The molecule has 3 heterocycles. The number of aromatic amines is 1. The first kappa shape index (κ1) is 22.0. The van der Waals surface area contributed by atoms with Crippen molar-refractivity contribution in [3.8, 4) is 22.8 Å². The van der Waals surface area contributed by atoms with Crippen LogP contribution in [0.4, 0.5) is 5.69 Å². The van der Waals surface area contributed by atoms with Crippen LogP contribution in [0.1, 0.15) is 25.3 Å². The number of aromatic nitrogens is 4. The van der Waals surface area contributed by atoms with Crippen molar-refractivity contribution >= 4 is 28.9 Å². The number of ether oxygens (including phenoxy) is 2. The Balaban J connectivity index is 1.32. The summed E-state index contributed by atoms with van der Waals surface area (Å²) in [4.78, 5) is 24.9. The number of carbonyl (C=O) groups excluding carboxylic acids is 1. The second kappa shape index (κ2) is 9.22. The highest BCUT2D eigenvalue weighted by molar-refractivity contribution is 7.99. The number of rotatable bonds is 6. The summed E-state index contributed by atoms with van der Waals surface area (Å²) in [6.45, 7) is 5.26. The maximum Gasteiger partial charge on any atom is 0.290 e. The summed E-state index contributed by atoms with van der Waals surface area (Å²) < 4.78 is 12.5. The average molecular weight is 478 g/mol. The quantitative estimate of drug-likeness (QED) is 0.407. The van der Waals surface area contributed by atoms with Crippen LogP contribution in [0.3, 0.4) is 0 Å². The number of hydrogen-bond acceptors (Lipinski definition) is 7. The van der Waals surface area contributed by atoms with E-state index in [-0.39, 0.29) is 17.2 Å². The molecule has 0 bridgehead atoms. The predicted octanol–water partition coefficient (Wildman–Crippen LogP) is 3.71. The first-order valence-corrected chi connectivity index (χ1v) is 11.9. The Bertz CT molecular complexity index is 1410. The molecule has 2 aromatic carbocycles. The summed E-state index contributed by atoms with van der Waals surface area (Å²) >= 11 is 1.18. The van der Waals surface area contributed by atoms with E-state index in [1.54, 1.807) is 24.3 Å². The van der Waals surface area contributed by atoms with Crippen molar-refractivity contribution in [1.29, 1.82) is 0 Å². The zero-order valence-corrected chi connectivity index (χ0v) is 19.5. The van der Waals surface area contributed by atoms with Crippen molar-refractivity contribution < 1.29 is 14.3 Å². The topological polar surface area (TPSA) is 111 Å². The van der Waals surface area contributed by atoms with Gasteiger partial charge in [-0.05, 0) is 29.7 Å². The monoisotopic (exact) mass is 477 g/mol. The average Bonchev–Trinajstić information content (AvgIpc) is 3.30. The van der Waals surface area contributed by atoms with Crippen LogP contribution < -0.4 is 20.3 Å². The molecular weight excluding hydrogens is 454 g/mol. The smallest absolute Gasteiger partial charge is 0.290 e. The lowest BCUT2D eigenvalue weighted by Gasteiger charge is -2.18. The molecule has 4 aromatic rings. The van der Waals surface area contributed by atoms with Crippen molar-refractivity contribution in [2.75, 3.05) is 24.3 Å². The van der Waals surface area contributed by atoms with E-state index in [0.717, 1.165) is 5.56 Å². The van der Waals surface area contributed by atoms with Crippen LogP contribution in [0.5, 0.6) is 11.5 Å². The van der Waals surface area contributed by atoms with Crippen molar-refractivity contribution in [2.45, 2.75) is 24.9 Å². The lowest BCUT2D eigenvalue weighted by molar-refractivity contribution is -0.113. The fourth-order valence-electron chi connectivity index (χ4n) is 3.61. The summed E-state index contributed by atoms with van der Waals surface area (Å²) in [5.41, 5.74) is 3.43. The number of H-pyrrole nitrogens is 1. The number of anilines is 1. The summed E-state index contributed by atoms with van der Waals surface area (Å²) in [5, 5.41) is 14.4. The molecule has 0 unspecified atom stereocenters. The largest absolute Gasteiger partial charge is 0.486 e. The van der Waals surface area contributed by atoms with E-state index in [0.29, 0.717) is 52.7 Å². The predicted molar refractivity (Wildman–Crippen MR) is 130 cm³/mol. The van der Waals surface area contributed by atoms with Gasteiger partial charge in [0.15, 0.2) is 11.5 Å². The van der Waals surface area contributed by atoms with Crippen molar-refractivity contribution in [2.24, 2.45) is 0 Å². The van der Waals surface area contributed by atoms with Crippen LogP contribution >= 0.6 is 11.8 Å². The summed E-state index contributed by atoms with van der Waals surface area (Å²) in [7, 11) is 0. The Morgan fingerprint density at radius 1 is 1.12 bits per heavy atom. The van der Waals surface area contributed by atoms with Crippen molar-refractivity contribution in [1.82, 2.24) is 19.8 Å². The molecule has 34 heavy (non-hydrogen) atoms. The van der Waals surface area contributed by atoms with Crippen LogP contribution in [-0.4, -0.2) is 44.7 Å².